The molecule has 2 rings (SSSR count). The number of hydrogen-bond acceptors (Lipinski definition) is 3. The molecule has 0 aromatic heterocycles. The van der Waals surface area contributed by atoms with Gasteiger partial charge in [-0.05, 0) is 49.5 Å². The number of benzene rings is 1. The summed E-state index contributed by atoms with van der Waals surface area (Å²) in [4.78, 5) is 0. The van der Waals surface area contributed by atoms with E-state index >= 15 is 0 Å². The van der Waals surface area contributed by atoms with Crippen molar-refractivity contribution in [3.63, 3.8) is 0 Å². The van der Waals surface area contributed by atoms with E-state index in [4.69, 9.17) is 9.47 Å². The maximum Gasteiger partial charge on any atom is 0.206 e. The SMILES string of the molecule is COc1cc(C2CCNCC2)cc(OC)c1F. The fourth-order valence-electron chi connectivity index (χ4n) is 2.28. The van der Waals surface area contributed by atoms with Crippen molar-refractivity contribution in [2.24, 2.45) is 0 Å². The molecule has 94 valence electrons. The molecule has 0 saturated carbocycles. The van der Waals surface area contributed by atoms with Crippen molar-refractivity contribution in [1.29, 1.82) is 0 Å². The van der Waals surface area contributed by atoms with Crippen LogP contribution in [-0.2, 0) is 0 Å². The lowest BCUT2D eigenvalue weighted by atomic mass is 9.90. The molecule has 4 heteroatoms. The van der Waals surface area contributed by atoms with Crippen LogP contribution in [0.25, 0.3) is 0 Å². The van der Waals surface area contributed by atoms with E-state index in [1.165, 1.54) is 14.2 Å². The highest BCUT2D eigenvalue weighted by molar-refractivity contribution is 5.42. The minimum atomic E-state index is -0.423. The Bertz CT molecular complexity index is 364. The van der Waals surface area contributed by atoms with Gasteiger partial charge in [0.25, 0.3) is 0 Å². The molecule has 17 heavy (non-hydrogen) atoms. The van der Waals surface area contributed by atoms with Gasteiger partial charge >= 0.3 is 0 Å². The molecule has 0 spiro atoms. The molecule has 0 bridgehead atoms. The molecular weight excluding hydrogens is 221 g/mol. The van der Waals surface area contributed by atoms with Crippen LogP contribution >= 0.6 is 0 Å². The topological polar surface area (TPSA) is 30.5 Å². The smallest absolute Gasteiger partial charge is 0.206 e. The van der Waals surface area contributed by atoms with Crippen molar-refractivity contribution < 1.29 is 13.9 Å². The third-order valence-electron chi connectivity index (χ3n) is 3.28. The van der Waals surface area contributed by atoms with Crippen LogP contribution < -0.4 is 14.8 Å². The van der Waals surface area contributed by atoms with Crippen LogP contribution in [0.1, 0.15) is 24.3 Å². The second-order valence-corrected chi connectivity index (χ2v) is 4.26. The summed E-state index contributed by atoms with van der Waals surface area (Å²) in [6.45, 7) is 2.01. The van der Waals surface area contributed by atoms with Gasteiger partial charge in [0.1, 0.15) is 0 Å². The maximum atomic E-state index is 13.8. The number of hydrogen-bond donors (Lipinski definition) is 1. The van der Waals surface area contributed by atoms with E-state index in [1.807, 2.05) is 0 Å². The van der Waals surface area contributed by atoms with Gasteiger partial charge in [-0.15, -0.1) is 0 Å². The zero-order valence-electron chi connectivity index (χ0n) is 10.3. The fraction of sp³-hybridized carbons (Fsp3) is 0.538. The van der Waals surface area contributed by atoms with E-state index in [9.17, 15) is 4.39 Å². The van der Waals surface area contributed by atoms with Gasteiger partial charge in [0, 0.05) is 0 Å². The summed E-state index contributed by atoms with van der Waals surface area (Å²) in [5, 5.41) is 3.32. The van der Waals surface area contributed by atoms with Gasteiger partial charge in [-0.25, -0.2) is 0 Å². The monoisotopic (exact) mass is 239 g/mol. The molecular formula is C13H18FNO2. The van der Waals surface area contributed by atoms with Gasteiger partial charge in [-0.3, -0.25) is 0 Å². The number of rotatable bonds is 3. The molecule has 0 amide bonds. The highest BCUT2D eigenvalue weighted by Crippen LogP contribution is 2.34. The Hall–Kier alpha value is -1.29. The number of halogens is 1. The largest absolute Gasteiger partial charge is 0.494 e. The van der Waals surface area contributed by atoms with E-state index < -0.39 is 5.82 Å². The first-order chi connectivity index (χ1) is 8.26. The first-order valence-electron chi connectivity index (χ1n) is 5.88. The zero-order valence-corrected chi connectivity index (χ0v) is 10.3. The third-order valence-corrected chi connectivity index (χ3v) is 3.28. The van der Waals surface area contributed by atoms with Crippen molar-refractivity contribution >= 4 is 0 Å². The Morgan fingerprint density at radius 3 is 2.12 bits per heavy atom. The summed E-state index contributed by atoms with van der Waals surface area (Å²) >= 11 is 0. The molecule has 1 aliphatic rings. The van der Waals surface area contributed by atoms with Gasteiger partial charge in [-0.2, -0.15) is 4.39 Å². The first-order valence-corrected chi connectivity index (χ1v) is 5.88. The maximum absolute atomic E-state index is 13.8. The van der Waals surface area contributed by atoms with Gasteiger partial charge in [0.05, 0.1) is 14.2 Å². The lowest BCUT2D eigenvalue weighted by Crippen LogP contribution is -2.26. The van der Waals surface area contributed by atoms with Crippen molar-refractivity contribution in [1.82, 2.24) is 5.32 Å². The Kier molecular flexibility index (Phi) is 3.84. The number of piperidine rings is 1. The molecule has 0 radical (unpaired) electrons. The number of methoxy groups -OCH3 is 2. The minimum Gasteiger partial charge on any atom is -0.494 e. The molecule has 1 heterocycles. The summed E-state index contributed by atoms with van der Waals surface area (Å²) in [6.07, 6.45) is 2.13. The molecule has 1 fully saturated rings. The van der Waals surface area contributed by atoms with Gasteiger partial charge in [0.15, 0.2) is 11.5 Å². The van der Waals surface area contributed by atoms with Crippen molar-refractivity contribution in [3.8, 4) is 11.5 Å². The first kappa shape index (κ1) is 12.2. The molecule has 1 aliphatic heterocycles. The molecule has 1 saturated heterocycles. The Morgan fingerprint density at radius 2 is 1.65 bits per heavy atom. The number of nitrogens with one attached hydrogen (secondary N) is 1. The average Bonchev–Trinajstić information content (AvgIpc) is 2.40. The molecule has 1 aromatic rings. The predicted molar refractivity (Wildman–Crippen MR) is 64.3 cm³/mol. The van der Waals surface area contributed by atoms with Crippen LogP contribution in [0, 0.1) is 5.82 Å². The van der Waals surface area contributed by atoms with Crippen molar-refractivity contribution in [2.45, 2.75) is 18.8 Å². The second kappa shape index (κ2) is 5.36. The van der Waals surface area contributed by atoms with Crippen LogP contribution in [0.4, 0.5) is 4.39 Å². The van der Waals surface area contributed by atoms with Gasteiger partial charge in [-0.1, -0.05) is 0 Å². The van der Waals surface area contributed by atoms with E-state index in [0.29, 0.717) is 5.92 Å². The summed E-state index contributed by atoms with van der Waals surface area (Å²) < 4.78 is 23.9. The van der Waals surface area contributed by atoms with Crippen molar-refractivity contribution in [2.75, 3.05) is 27.3 Å². The van der Waals surface area contributed by atoms with E-state index in [-0.39, 0.29) is 11.5 Å². The number of ether oxygens (including phenoxy) is 2. The summed E-state index contributed by atoms with van der Waals surface area (Å²) in [7, 11) is 2.95. The van der Waals surface area contributed by atoms with Crippen LogP contribution in [0.2, 0.25) is 0 Å². The van der Waals surface area contributed by atoms with Crippen LogP contribution in [0.3, 0.4) is 0 Å². The fourth-order valence-corrected chi connectivity index (χ4v) is 2.28. The van der Waals surface area contributed by atoms with Crippen LogP contribution in [0.15, 0.2) is 12.1 Å². The lowest BCUT2D eigenvalue weighted by molar-refractivity contribution is 0.347. The standard InChI is InChI=1S/C13H18FNO2/c1-16-11-7-10(8-12(17-2)13(11)14)9-3-5-15-6-4-9/h7-9,15H,3-6H2,1-2H3. The van der Waals surface area contributed by atoms with E-state index in [2.05, 4.69) is 5.32 Å². The summed E-state index contributed by atoms with van der Waals surface area (Å²) in [5.74, 6) is 0.558. The third kappa shape index (κ3) is 2.52. The molecule has 0 aliphatic carbocycles. The lowest BCUT2D eigenvalue weighted by Gasteiger charge is -2.24. The molecule has 0 unspecified atom stereocenters. The van der Waals surface area contributed by atoms with Crippen LogP contribution in [0.5, 0.6) is 11.5 Å². The highest BCUT2D eigenvalue weighted by atomic mass is 19.1. The van der Waals surface area contributed by atoms with Crippen LogP contribution in [-0.4, -0.2) is 27.3 Å². The Morgan fingerprint density at radius 1 is 1.12 bits per heavy atom. The van der Waals surface area contributed by atoms with E-state index in [0.717, 1.165) is 31.5 Å². The zero-order chi connectivity index (χ0) is 12.3. The minimum absolute atomic E-state index is 0.262. The van der Waals surface area contributed by atoms with Gasteiger partial charge < -0.3 is 14.8 Å². The molecule has 1 N–H and O–H groups in total. The highest BCUT2D eigenvalue weighted by Gasteiger charge is 2.19. The van der Waals surface area contributed by atoms with E-state index in [1.54, 1.807) is 12.1 Å². The van der Waals surface area contributed by atoms with Crippen molar-refractivity contribution in [3.05, 3.63) is 23.5 Å². The summed E-state index contributed by atoms with van der Waals surface area (Å²) in [5.41, 5.74) is 1.10. The average molecular weight is 239 g/mol. The Labute approximate surface area is 101 Å². The molecule has 3 nitrogen and oxygen atoms in total. The summed E-state index contributed by atoms with van der Waals surface area (Å²) in [6, 6.07) is 3.57. The molecule has 1 aromatic carbocycles. The predicted octanol–water partition coefficient (Wildman–Crippen LogP) is 2.31. The molecule has 0 atom stereocenters. The quantitative estimate of drug-likeness (QED) is 0.878. The van der Waals surface area contributed by atoms with Gasteiger partial charge in [0.2, 0.25) is 5.82 Å². The normalized spacial score (nSPS) is 16.9. The second-order valence-electron chi connectivity index (χ2n) is 4.26. The Balaban J connectivity index is 2.33.